The highest BCUT2D eigenvalue weighted by Gasteiger charge is 2.38. The Morgan fingerprint density at radius 2 is 2.07 bits per heavy atom. The van der Waals surface area contributed by atoms with Crippen molar-refractivity contribution in [3.63, 3.8) is 0 Å². The highest BCUT2D eigenvalue weighted by Crippen LogP contribution is 2.38. The highest BCUT2D eigenvalue weighted by atomic mass is 16.5. The molecule has 0 aromatic heterocycles. The molecule has 2 aliphatic heterocycles. The van der Waals surface area contributed by atoms with Crippen molar-refractivity contribution in [1.29, 1.82) is 0 Å². The molecule has 0 bridgehead atoms. The maximum atomic E-state index is 10.7. The van der Waals surface area contributed by atoms with E-state index < -0.39 is 12.1 Å². The maximum Gasteiger partial charge on any atom is 0.332 e. The number of aliphatic carboxylic acids is 1. The van der Waals surface area contributed by atoms with Gasteiger partial charge in [0.2, 0.25) is 0 Å². The normalized spacial score (nSPS) is 31.6. The van der Waals surface area contributed by atoms with Crippen LogP contribution in [-0.4, -0.2) is 36.9 Å². The Balaban J connectivity index is 1.90. The summed E-state index contributed by atoms with van der Waals surface area (Å²) >= 11 is 0. The van der Waals surface area contributed by atoms with Crippen LogP contribution < -0.4 is 5.32 Å². The van der Waals surface area contributed by atoms with Crippen LogP contribution in [0.3, 0.4) is 0 Å². The summed E-state index contributed by atoms with van der Waals surface area (Å²) in [7, 11) is 0. The van der Waals surface area contributed by atoms with Gasteiger partial charge in [0.05, 0.1) is 6.61 Å². The molecule has 80 valence electrons. The van der Waals surface area contributed by atoms with E-state index in [2.05, 4.69) is 5.32 Å². The first-order chi connectivity index (χ1) is 6.72. The molecule has 2 saturated heterocycles. The first kappa shape index (κ1) is 9.93. The van der Waals surface area contributed by atoms with E-state index in [9.17, 15) is 4.79 Å². The zero-order valence-corrected chi connectivity index (χ0v) is 8.29. The van der Waals surface area contributed by atoms with E-state index in [-0.39, 0.29) is 5.41 Å². The molecular formula is C10H17NO3. The molecule has 4 heteroatoms. The SMILES string of the molecule is O=C(O)C1CCC2(CCNCC2)CO1. The zero-order chi connectivity index (χ0) is 10.0. The predicted molar refractivity (Wildman–Crippen MR) is 51.1 cm³/mol. The van der Waals surface area contributed by atoms with Crippen molar-refractivity contribution >= 4 is 5.97 Å². The van der Waals surface area contributed by atoms with Crippen LogP contribution in [0.4, 0.5) is 0 Å². The summed E-state index contributed by atoms with van der Waals surface area (Å²) in [5, 5.41) is 12.1. The molecule has 14 heavy (non-hydrogen) atoms. The summed E-state index contributed by atoms with van der Waals surface area (Å²) in [4.78, 5) is 10.7. The number of carboxylic acid groups (broad SMARTS) is 1. The topological polar surface area (TPSA) is 58.6 Å². The Bertz CT molecular complexity index is 213. The second-order valence-electron chi connectivity index (χ2n) is 4.43. The number of nitrogens with one attached hydrogen (secondary N) is 1. The number of hydrogen-bond donors (Lipinski definition) is 2. The van der Waals surface area contributed by atoms with Crippen molar-refractivity contribution in [2.75, 3.05) is 19.7 Å². The summed E-state index contributed by atoms with van der Waals surface area (Å²) in [5.41, 5.74) is 0.275. The Hall–Kier alpha value is -0.610. The van der Waals surface area contributed by atoms with Gasteiger partial charge in [-0.05, 0) is 44.2 Å². The molecule has 0 amide bonds. The maximum absolute atomic E-state index is 10.7. The van der Waals surface area contributed by atoms with Crippen LogP contribution in [0.1, 0.15) is 25.7 Å². The molecule has 0 aromatic carbocycles. The molecule has 4 nitrogen and oxygen atoms in total. The van der Waals surface area contributed by atoms with Gasteiger partial charge < -0.3 is 15.2 Å². The van der Waals surface area contributed by atoms with Crippen LogP contribution in [0.5, 0.6) is 0 Å². The third-order valence-electron chi connectivity index (χ3n) is 3.47. The van der Waals surface area contributed by atoms with Gasteiger partial charge in [0.15, 0.2) is 6.10 Å². The molecule has 2 rings (SSSR count). The Kier molecular flexibility index (Phi) is 2.74. The number of hydrogen-bond acceptors (Lipinski definition) is 3. The number of carboxylic acids is 1. The van der Waals surface area contributed by atoms with E-state index >= 15 is 0 Å². The average Bonchev–Trinajstić information content (AvgIpc) is 2.19. The molecule has 2 heterocycles. The largest absolute Gasteiger partial charge is 0.479 e. The minimum atomic E-state index is -0.811. The van der Waals surface area contributed by atoms with Crippen molar-refractivity contribution in [3.05, 3.63) is 0 Å². The fraction of sp³-hybridized carbons (Fsp3) is 0.900. The predicted octanol–water partition coefficient (Wildman–Crippen LogP) is 0.620. The fourth-order valence-corrected chi connectivity index (χ4v) is 2.42. The molecule has 0 saturated carbocycles. The first-order valence-corrected chi connectivity index (χ1v) is 5.27. The van der Waals surface area contributed by atoms with Gasteiger partial charge in [-0.1, -0.05) is 0 Å². The second-order valence-corrected chi connectivity index (χ2v) is 4.43. The lowest BCUT2D eigenvalue weighted by Crippen LogP contribution is -2.45. The zero-order valence-electron chi connectivity index (χ0n) is 8.29. The molecule has 2 fully saturated rings. The van der Waals surface area contributed by atoms with Gasteiger partial charge in [0.1, 0.15) is 0 Å². The molecule has 0 aliphatic carbocycles. The highest BCUT2D eigenvalue weighted by molar-refractivity contribution is 5.72. The Morgan fingerprint density at radius 3 is 2.57 bits per heavy atom. The lowest BCUT2D eigenvalue weighted by atomic mass is 9.74. The van der Waals surface area contributed by atoms with Crippen LogP contribution >= 0.6 is 0 Å². The van der Waals surface area contributed by atoms with Crippen LogP contribution in [0.2, 0.25) is 0 Å². The minimum absolute atomic E-state index is 0.275. The van der Waals surface area contributed by atoms with Crippen LogP contribution in [-0.2, 0) is 9.53 Å². The van der Waals surface area contributed by atoms with E-state index in [1.54, 1.807) is 0 Å². The average molecular weight is 199 g/mol. The molecule has 0 radical (unpaired) electrons. The third kappa shape index (κ3) is 1.91. The van der Waals surface area contributed by atoms with Gasteiger partial charge in [0.25, 0.3) is 0 Å². The lowest BCUT2D eigenvalue weighted by Gasteiger charge is -2.41. The molecule has 0 aromatic rings. The number of carbonyl (C=O) groups is 1. The lowest BCUT2D eigenvalue weighted by molar-refractivity contribution is -0.160. The van der Waals surface area contributed by atoms with Gasteiger partial charge in [0, 0.05) is 0 Å². The van der Waals surface area contributed by atoms with E-state index in [0.717, 1.165) is 32.4 Å². The van der Waals surface area contributed by atoms with Crippen molar-refractivity contribution in [2.24, 2.45) is 5.41 Å². The van der Waals surface area contributed by atoms with E-state index in [1.807, 2.05) is 0 Å². The monoisotopic (exact) mass is 199 g/mol. The fourth-order valence-electron chi connectivity index (χ4n) is 2.42. The van der Waals surface area contributed by atoms with Crippen LogP contribution in [0, 0.1) is 5.41 Å². The Labute approximate surface area is 83.6 Å². The van der Waals surface area contributed by atoms with Crippen LogP contribution in [0.25, 0.3) is 0 Å². The molecule has 2 N–H and O–H groups in total. The first-order valence-electron chi connectivity index (χ1n) is 5.27. The van der Waals surface area contributed by atoms with E-state index in [4.69, 9.17) is 9.84 Å². The van der Waals surface area contributed by atoms with Gasteiger partial charge in [-0.15, -0.1) is 0 Å². The van der Waals surface area contributed by atoms with Gasteiger partial charge in [-0.3, -0.25) is 0 Å². The van der Waals surface area contributed by atoms with Crippen molar-refractivity contribution in [1.82, 2.24) is 5.32 Å². The van der Waals surface area contributed by atoms with Gasteiger partial charge in [-0.2, -0.15) is 0 Å². The van der Waals surface area contributed by atoms with E-state index in [0.29, 0.717) is 13.0 Å². The number of piperidine rings is 1. The summed E-state index contributed by atoms with van der Waals surface area (Å²) in [6.07, 6.45) is 3.37. The van der Waals surface area contributed by atoms with Crippen molar-refractivity contribution in [3.8, 4) is 0 Å². The third-order valence-corrected chi connectivity index (χ3v) is 3.47. The molecule has 1 unspecified atom stereocenters. The van der Waals surface area contributed by atoms with Crippen LogP contribution in [0.15, 0.2) is 0 Å². The Morgan fingerprint density at radius 1 is 1.36 bits per heavy atom. The van der Waals surface area contributed by atoms with Gasteiger partial charge in [-0.25, -0.2) is 4.79 Å². The second kappa shape index (κ2) is 3.87. The quantitative estimate of drug-likeness (QED) is 0.650. The standard InChI is InChI=1S/C10H17NO3/c12-9(13)8-1-2-10(7-14-8)3-5-11-6-4-10/h8,11H,1-7H2,(H,12,13). The molecule has 1 atom stereocenters. The molecule has 2 aliphatic rings. The van der Waals surface area contributed by atoms with Crippen molar-refractivity contribution in [2.45, 2.75) is 31.8 Å². The molecular weight excluding hydrogens is 182 g/mol. The summed E-state index contributed by atoms with van der Waals surface area (Å²) in [5.74, 6) is -0.811. The van der Waals surface area contributed by atoms with Crippen molar-refractivity contribution < 1.29 is 14.6 Å². The van der Waals surface area contributed by atoms with E-state index in [1.165, 1.54) is 0 Å². The van der Waals surface area contributed by atoms with Gasteiger partial charge >= 0.3 is 5.97 Å². The summed E-state index contributed by atoms with van der Waals surface area (Å²) in [6.45, 7) is 2.72. The summed E-state index contributed by atoms with van der Waals surface area (Å²) in [6, 6.07) is 0. The summed E-state index contributed by atoms with van der Waals surface area (Å²) < 4.78 is 5.41. The number of rotatable bonds is 1. The number of ether oxygens (including phenoxy) is 1. The minimum Gasteiger partial charge on any atom is -0.479 e. The molecule has 1 spiro atoms. The smallest absolute Gasteiger partial charge is 0.332 e.